The van der Waals surface area contributed by atoms with Crippen LogP contribution in [0.1, 0.15) is 11.1 Å². The zero-order valence-electron chi connectivity index (χ0n) is 9.98. The molecule has 0 radical (unpaired) electrons. The van der Waals surface area contributed by atoms with Crippen LogP contribution in [-0.2, 0) is 6.54 Å². The summed E-state index contributed by atoms with van der Waals surface area (Å²) < 4.78 is 0. The van der Waals surface area contributed by atoms with Crippen molar-refractivity contribution in [3.8, 4) is 0 Å². The third-order valence-electron chi connectivity index (χ3n) is 2.67. The minimum atomic E-state index is 0.0314. The van der Waals surface area contributed by atoms with Gasteiger partial charge in [-0.05, 0) is 40.6 Å². The van der Waals surface area contributed by atoms with E-state index < -0.39 is 0 Å². The van der Waals surface area contributed by atoms with Crippen molar-refractivity contribution in [1.82, 2.24) is 0 Å². The van der Waals surface area contributed by atoms with Crippen LogP contribution in [0.25, 0.3) is 0 Å². The lowest BCUT2D eigenvalue weighted by Gasteiger charge is -2.20. The topological polar surface area (TPSA) is 53.1 Å². The van der Waals surface area contributed by atoms with Crippen LogP contribution >= 0.6 is 22.9 Å². The van der Waals surface area contributed by atoms with Crippen LogP contribution in [0.15, 0.2) is 35.0 Å². The quantitative estimate of drug-likeness (QED) is 0.666. The lowest BCUT2D eigenvalue weighted by molar-refractivity contribution is 0.928. The Labute approximate surface area is 115 Å². The molecule has 0 fully saturated rings. The van der Waals surface area contributed by atoms with Crippen LogP contribution in [0.2, 0.25) is 5.02 Å². The monoisotopic (exact) mass is 279 g/mol. The molecule has 1 aromatic carbocycles. The Kier molecular flexibility index (Phi) is 3.89. The van der Waals surface area contributed by atoms with Crippen LogP contribution in [0, 0.1) is 5.41 Å². The Morgan fingerprint density at radius 3 is 2.78 bits per heavy atom. The van der Waals surface area contributed by atoms with E-state index in [1.807, 2.05) is 19.2 Å². The largest absolute Gasteiger partial charge is 0.384 e. The van der Waals surface area contributed by atoms with Gasteiger partial charge in [0, 0.05) is 19.2 Å². The zero-order valence-corrected chi connectivity index (χ0v) is 11.6. The van der Waals surface area contributed by atoms with E-state index in [2.05, 4.69) is 21.7 Å². The van der Waals surface area contributed by atoms with E-state index in [-0.39, 0.29) is 5.84 Å². The molecule has 0 atom stereocenters. The number of amidine groups is 1. The van der Waals surface area contributed by atoms with E-state index in [0.717, 1.165) is 12.2 Å². The number of benzene rings is 1. The summed E-state index contributed by atoms with van der Waals surface area (Å²) in [5.74, 6) is 0.0314. The van der Waals surface area contributed by atoms with E-state index >= 15 is 0 Å². The highest BCUT2D eigenvalue weighted by molar-refractivity contribution is 7.07. The molecular formula is C13H14ClN3S. The molecule has 0 saturated carbocycles. The predicted molar refractivity (Wildman–Crippen MR) is 78.9 cm³/mol. The van der Waals surface area contributed by atoms with E-state index in [0.29, 0.717) is 10.6 Å². The first-order valence-corrected chi connectivity index (χ1v) is 6.76. The molecule has 0 bridgehead atoms. The zero-order chi connectivity index (χ0) is 13.1. The fourth-order valence-electron chi connectivity index (χ4n) is 1.73. The number of halogens is 1. The minimum absolute atomic E-state index is 0.0314. The van der Waals surface area contributed by atoms with Crippen molar-refractivity contribution in [1.29, 1.82) is 5.41 Å². The summed E-state index contributed by atoms with van der Waals surface area (Å²) in [6.07, 6.45) is 0. The molecule has 1 aromatic heterocycles. The number of rotatable bonds is 4. The number of nitrogens with two attached hydrogens (primary N) is 1. The fourth-order valence-corrected chi connectivity index (χ4v) is 2.71. The molecule has 0 saturated heterocycles. The number of thiophene rings is 1. The molecule has 3 nitrogen and oxygen atoms in total. The second-order valence-corrected chi connectivity index (χ2v) is 5.25. The van der Waals surface area contributed by atoms with Crippen LogP contribution in [0.4, 0.5) is 5.69 Å². The first-order valence-electron chi connectivity index (χ1n) is 5.44. The van der Waals surface area contributed by atoms with Gasteiger partial charge in [-0.3, -0.25) is 5.41 Å². The Morgan fingerprint density at radius 2 is 2.22 bits per heavy atom. The number of nitrogens with zero attached hydrogens (tertiary/aromatic N) is 1. The molecule has 0 unspecified atom stereocenters. The highest BCUT2D eigenvalue weighted by Gasteiger charge is 2.08. The summed E-state index contributed by atoms with van der Waals surface area (Å²) in [7, 11) is 1.99. The lowest BCUT2D eigenvalue weighted by Crippen LogP contribution is -2.17. The van der Waals surface area contributed by atoms with Crippen molar-refractivity contribution < 1.29 is 0 Å². The Hall–Kier alpha value is -1.52. The normalized spacial score (nSPS) is 10.3. The number of nitrogens with one attached hydrogen (secondary N) is 1. The van der Waals surface area contributed by atoms with Gasteiger partial charge in [-0.15, -0.1) is 0 Å². The summed E-state index contributed by atoms with van der Waals surface area (Å²) in [5.41, 5.74) is 8.27. The molecule has 0 aliphatic carbocycles. The van der Waals surface area contributed by atoms with Gasteiger partial charge >= 0.3 is 0 Å². The van der Waals surface area contributed by atoms with Crippen LogP contribution < -0.4 is 10.6 Å². The van der Waals surface area contributed by atoms with E-state index in [9.17, 15) is 0 Å². The molecule has 2 aromatic rings. The third kappa shape index (κ3) is 2.83. The maximum absolute atomic E-state index is 7.38. The number of hydrogen-bond donors (Lipinski definition) is 2. The molecule has 0 spiro atoms. The van der Waals surface area contributed by atoms with E-state index in [4.69, 9.17) is 22.7 Å². The second-order valence-electron chi connectivity index (χ2n) is 4.07. The summed E-state index contributed by atoms with van der Waals surface area (Å²) in [6.45, 7) is 0.808. The SMILES string of the molecule is CN(Cc1ccsc1)c1ccc(C(=N)N)cc1Cl. The maximum atomic E-state index is 7.38. The third-order valence-corrected chi connectivity index (χ3v) is 3.70. The fraction of sp³-hybridized carbons (Fsp3) is 0.154. The van der Waals surface area contributed by atoms with Crippen LogP contribution in [0.3, 0.4) is 0 Å². The number of nitrogen functional groups attached to an aromatic ring is 1. The lowest BCUT2D eigenvalue weighted by atomic mass is 10.1. The summed E-state index contributed by atoms with van der Waals surface area (Å²) >= 11 is 7.90. The van der Waals surface area contributed by atoms with Crippen molar-refractivity contribution in [2.75, 3.05) is 11.9 Å². The number of hydrogen-bond acceptors (Lipinski definition) is 3. The van der Waals surface area contributed by atoms with Gasteiger partial charge in [0.25, 0.3) is 0 Å². The molecule has 0 aliphatic rings. The van der Waals surface area contributed by atoms with Crippen molar-refractivity contribution in [2.24, 2.45) is 5.73 Å². The predicted octanol–water partition coefficient (Wildman–Crippen LogP) is 3.32. The molecule has 2 rings (SSSR count). The Morgan fingerprint density at radius 1 is 1.44 bits per heavy atom. The smallest absolute Gasteiger partial charge is 0.122 e. The number of anilines is 1. The molecule has 18 heavy (non-hydrogen) atoms. The van der Waals surface area contributed by atoms with Gasteiger partial charge in [-0.1, -0.05) is 11.6 Å². The molecule has 0 amide bonds. The highest BCUT2D eigenvalue weighted by Crippen LogP contribution is 2.27. The van der Waals surface area contributed by atoms with Crippen molar-refractivity contribution >= 4 is 34.5 Å². The van der Waals surface area contributed by atoms with Crippen LogP contribution in [0.5, 0.6) is 0 Å². The van der Waals surface area contributed by atoms with Gasteiger partial charge in [-0.2, -0.15) is 11.3 Å². The van der Waals surface area contributed by atoms with E-state index in [1.165, 1.54) is 5.56 Å². The molecular weight excluding hydrogens is 266 g/mol. The van der Waals surface area contributed by atoms with Crippen molar-refractivity contribution in [2.45, 2.75) is 6.54 Å². The second kappa shape index (κ2) is 5.42. The van der Waals surface area contributed by atoms with Gasteiger partial charge < -0.3 is 10.6 Å². The van der Waals surface area contributed by atoms with Crippen molar-refractivity contribution in [3.63, 3.8) is 0 Å². The minimum Gasteiger partial charge on any atom is -0.384 e. The summed E-state index contributed by atoms with van der Waals surface area (Å²) in [4.78, 5) is 2.08. The first-order chi connectivity index (χ1) is 8.58. The Balaban J connectivity index is 2.20. The van der Waals surface area contributed by atoms with E-state index in [1.54, 1.807) is 17.4 Å². The highest BCUT2D eigenvalue weighted by atomic mass is 35.5. The molecule has 1 heterocycles. The molecule has 3 N–H and O–H groups in total. The van der Waals surface area contributed by atoms with Gasteiger partial charge in [-0.25, -0.2) is 0 Å². The molecule has 0 aliphatic heterocycles. The van der Waals surface area contributed by atoms with Crippen LogP contribution in [-0.4, -0.2) is 12.9 Å². The first kappa shape index (κ1) is 12.9. The van der Waals surface area contributed by atoms with Gasteiger partial charge in [0.15, 0.2) is 0 Å². The standard InChI is InChI=1S/C13H14ClN3S/c1-17(7-9-4-5-18-8-9)12-3-2-10(13(15)16)6-11(12)14/h2-6,8H,7H2,1H3,(H3,15,16). The molecule has 94 valence electrons. The summed E-state index contributed by atoms with van der Waals surface area (Å²) in [5, 5.41) is 12.2. The average Bonchev–Trinajstić information content (AvgIpc) is 2.81. The average molecular weight is 280 g/mol. The summed E-state index contributed by atoms with van der Waals surface area (Å²) in [6, 6.07) is 7.53. The maximum Gasteiger partial charge on any atom is 0.122 e. The van der Waals surface area contributed by atoms with Gasteiger partial charge in [0.2, 0.25) is 0 Å². The Bertz CT molecular complexity index is 551. The van der Waals surface area contributed by atoms with Crippen molar-refractivity contribution in [3.05, 3.63) is 51.2 Å². The molecule has 5 heteroatoms. The van der Waals surface area contributed by atoms with Gasteiger partial charge in [0.1, 0.15) is 5.84 Å². The van der Waals surface area contributed by atoms with Gasteiger partial charge in [0.05, 0.1) is 10.7 Å².